The molecule has 7 heteroatoms. The fraction of sp³-hybridized carbons (Fsp3) is 0.393. The molecule has 1 N–H and O–H groups in total. The molecule has 1 fully saturated rings. The second kappa shape index (κ2) is 11.3. The van der Waals surface area contributed by atoms with Crippen LogP contribution >= 0.6 is 0 Å². The van der Waals surface area contributed by atoms with Crippen LogP contribution in [0.1, 0.15) is 46.0 Å². The standard InChI is InChI=1S/C28H33FN4O2/c1-20(2)18-32(28(35)22-11-7-4-8-12-22)19-27(34)30-26-17-25(21-9-5-3-6-10-21)31-33(26)24-15-13-23(29)14-16-24/h3,5-6,9-10,13-17,20,22H,4,7-8,11-12,18-19H2,1-2H3,(H,30,34). The Hall–Kier alpha value is -3.48. The zero-order chi connectivity index (χ0) is 24.8. The van der Waals surface area contributed by atoms with Crippen LogP contribution in [0.15, 0.2) is 60.7 Å². The van der Waals surface area contributed by atoms with Gasteiger partial charge < -0.3 is 10.2 Å². The first kappa shape index (κ1) is 24.6. The maximum Gasteiger partial charge on any atom is 0.245 e. The largest absolute Gasteiger partial charge is 0.333 e. The summed E-state index contributed by atoms with van der Waals surface area (Å²) in [6, 6.07) is 17.4. The zero-order valence-electron chi connectivity index (χ0n) is 20.4. The molecule has 3 aromatic rings. The molecule has 1 heterocycles. The zero-order valence-corrected chi connectivity index (χ0v) is 20.4. The number of amides is 2. The van der Waals surface area contributed by atoms with Gasteiger partial charge in [-0.15, -0.1) is 0 Å². The highest BCUT2D eigenvalue weighted by Crippen LogP contribution is 2.27. The van der Waals surface area contributed by atoms with Crippen LogP contribution < -0.4 is 5.32 Å². The van der Waals surface area contributed by atoms with Gasteiger partial charge in [0.15, 0.2) is 0 Å². The van der Waals surface area contributed by atoms with E-state index >= 15 is 0 Å². The first-order valence-corrected chi connectivity index (χ1v) is 12.4. The molecule has 2 aromatic carbocycles. The third kappa shape index (κ3) is 6.35. The number of halogens is 1. The molecule has 1 saturated carbocycles. The van der Waals surface area contributed by atoms with Gasteiger partial charge in [0.2, 0.25) is 11.8 Å². The molecule has 0 spiro atoms. The monoisotopic (exact) mass is 476 g/mol. The van der Waals surface area contributed by atoms with E-state index in [0.29, 0.717) is 23.7 Å². The third-order valence-corrected chi connectivity index (χ3v) is 6.30. The Morgan fingerprint density at radius 1 is 1.06 bits per heavy atom. The van der Waals surface area contributed by atoms with E-state index in [0.717, 1.165) is 31.2 Å². The van der Waals surface area contributed by atoms with Gasteiger partial charge in [0, 0.05) is 24.1 Å². The summed E-state index contributed by atoms with van der Waals surface area (Å²) in [7, 11) is 0. The lowest BCUT2D eigenvalue weighted by Gasteiger charge is -2.30. The van der Waals surface area contributed by atoms with Crippen LogP contribution in [-0.4, -0.2) is 39.6 Å². The first-order chi connectivity index (χ1) is 16.9. The normalized spacial score (nSPS) is 14.2. The summed E-state index contributed by atoms with van der Waals surface area (Å²) >= 11 is 0. The Labute approximate surface area is 206 Å². The van der Waals surface area contributed by atoms with Gasteiger partial charge in [0.05, 0.1) is 17.9 Å². The molecular formula is C28H33FN4O2. The van der Waals surface area contributed by atoms with E-state index < -0.39 is 0 Å². The average molecular weight is 477 g/mol. The second-order valence-corrected chi connectivity index (χ2v) is 9.66. The minimum absolute atomic E-state index is 0.00438. The number of rotatable bonds is 8. The van der Waals surface area contributed by atoms with Crippen molar-refractivity contribution < 1.29 is 14.0 Å². The van der Waals surface area contributed by atoms with Crippen LogP contribution in [0.3, 0.4) is 0 Å². The van der Waals surface area contributed by atoms with Crippen molar-refractivity contribution in [2.75, 3.05) is 18.4 Å². The number of benzene rings is 2. The predicted molar refractivity (Wildman–Crippen MR) is 136 cm³/mol. The summed E-state index contributed by atoms with van der Waals surface area (Å²) in [5.41, 5.74) is 2.21. The lowest BCUT2D eigenvalue weighted by atomic mass is 9.88. The van der Waals surface area contributed by atoms with Gasteiger partial charge in [-0.05, 0) is 43.0 Å². The van der Waals surface area contributed by atoms with Crippen LogP contribution in [0, 0.1) is 17.7 Å². The highest BCUT2D eigenvalue weighted by molar-refractivity contribution is 5.95. The molecule has 0 atom stereocenters. The molecule has 2 amide bonds. The van der Waals surface area contributed by atoms with Crippen LogP contribution in [0.2, 0.25) is 0 Å². The molecule has 0 saturated heterocycles. The Morgan fingerprint density at radius 3 is 2.40 bits per heavy atom. The highest BCUT2D eigenvalue weighted by atomic mass is 19.1. The lowest BCUT2D eigenvalue weighted by Crippen LogP contribution is -2.43. The van der Waals surface area contributed by atoms with Gasteiger partial charge in [-0.3, -0.25) is 9.59 Å². The summed E-state index contributed by atoms with van der Waals surface area (Å²) < 4.78 is 15.1. The summed E-state index contributed by atoms with van der Waals surface area (Å²) in [5.74, 6) is 0.174. The summed E-state index contributed by atoms with van der Waals surface area (Å²) in [4.78, 5) is 28.1. The maximum absolute atomic E-state index is 13.5. The van der Waals surface area contributed by atoms with E-state index in [4.69, 9.17) is 0 Å². The molecule has 4 rings (SSSR count). The van der Waals surface area contributed by atoms with Crippen LogP contribution in [0.4, 0.5) is 10.2 Å². The number of aromatic nitrogens is 2. The van der Waals surface area contributed by atoms with Crippen molar-refractivity contribution in [1.29, 1.82) is 0 Å². The Bertz CT molecular complexity index is 1140. The number of hydrogen-bond acceptors (Lipinski definition) is 3. The summed E-state index contributed by atoms with van der Waals surface area (Å²) in [6.07, 6.45) is 5.10. The molecule has 0 aliphatic heterocycles. The molecule has 1 aliphatic rings. The Morgan fingerprint density at radius 2 is 1.74 bits per heavy atom. The molecule has 0 unspecified atom stereocenters. The van der Waals surface area contributed by atoms with Crippen molar-refractivity contribution in [1.82, 2.24) is 14.7 Å². The lowest BCUT2D eigenvalue weighted by molar-refractivity contribution is -0.139. The third-order valence-electron chi connectivity index (χ3n) is 6.30. The first-order valence-electron chi connectivity index (χ1n) is 12.4. The number of carbonyl (C=O) groups excluding carboxylic acids is 2. The van der Waals surface area contributed by atoms with Gasteiger partial charge in [-0.1, -0.05) is 63.4 Å². The molecule has 0 bridgehead atoms. The van der Waals surface area contributed by atoms with Crippen molar-refractivity contribution in [3.05, 3.63) is 66.5 Å². The van der Waals surface area contributed by atoms with Gasteiger partial charge in [0.25, 0.3) is 0 Å². The topological polar surface area (TPSA) is 67.2 Å². The smallest absolute Gasteiger partial charge is 0.245 e. The number of nitrogens with one attached hydrogen (secondary N) is 1. The van der Waals surface area contributed by atoms with Crippen molar-refractivity contribution in [3.8, 4) is 16.9 Å². The number of carbonyl (C=O) groups is 2. The Balaban J connectivity index is 1.57. The SMILES string of the molecule is CC(C)CN(CC(=O)Nc1cc(-c2ccccc2)nn1-c1ccc(F)cc1)C(=O)C1CCCCC1. The van der Waals surface area contributed by atoms with Crippen LogP contribution in [0.5, 0.6) is 0 Å². The van der Waals surface area contributed by atoms with E-state index in [1.807, 2.05) is 30.3 Å². The maximum atomic E-state index is 13.5. The number of anilines is 1. The average Bonchev–Trinajstić information content (AvgIpc) is 3.28. The van der Waals surface area contributed by atoms with Crippen molar-refractivity contribution in [2.24, 2.45) is 11.8 Å². The van der Waals surface area contributed by atoms with Crippen molar-refractivity contribution >= 4 is 17.6 Å². The van der Waals surface area contributed by atoms with Gasteiger partial charge in [0.1, 0.15) is 11.6 Å². The van der Waals surface area contributed by atoms with Crippen LogP contribution in [0.25, 0.3) is 16.9 Å². The Kier molecular flexibility index (Phi) is 7.95. The van der Waals surface area contributed by atoms with Gasteiger partial charge in [-0.2, -0.15) is 5.10 Å². The highest BCUT2D eigenvalue weighted by Gasteiger charge is 2.28. The number of nitrogens with zero attached hydrogens (tertiary/aromatic N) is 3. The number of hydrogen-bond donors (Lipinski definition) is 1. The predicted octanol–water partition coefficient (Wildman–Crippen LogP) is 5.68. The molecule has 1 aromatic heterocycles. The molecule has 0 radical (unpaired) electrons. The molecule has 184 valence electrons. The summed E-state index contributed by atoms with van der Waals surface area (Å²) in [5, 5.41) is 7.62. The molecule has 6 nitrogen and oxygen atoms in total. The minimum Gasteiger partial charge on any atom is -0.333 e. The fourth-order valence-electron chi connectivity index (χ4n) is 4.64. The van der Waals surface area contributed by atoms with Crippen molar-refractivity contribution in [3.63, 3.8) is 0 Å². The van der Waals surface area contributed by atoms with E-state index in [9.17, 15) is 14.0 Å². The van der Waals surface area contributed by atoms with E-state index in [1.54, 1.807) is 27.8 Å². The van der Waals surface area contributed by atoms with Gasteiger partial charge in [-0.25, -0.2) is 9.07 Å². The second-order valence-electron chi connectivity index (χ2n) is 9.66. The quantitative estimate of drug-likeness (QED) is 0.455. The fourth-order valence-corrected chi connectivity index (χ4v) is 4.64. The molecule has 35 heavy (non-hydrogen) atoms. The molecular weight excluding hydrogens is 443 g/mol. The minimum atomic E-state index is -0.347. The van der Waals surface area contributed by atoms with E-state index in [-0.39, 0.29) is 36.0 Å². The van der Waals surface area contributed by atoms with Gasteiger partial charge >= 0.3 is 0 Å². The van der Waals surface area contributed by atoms with E-state index in [1.165, 1.54) is 18.6 Å². The van der Waals surface area contributed by atoms with Crippen molar-refractivity contribution in [2.45, 2.75) is 46.0 Å². The van der Waals surface area contributed by atoms with E-state index in [2.05, 4.69) is 24.3 Å². The molecule has 1 aliphatic carbocycles. The summed E-state index contributed by atoms with van der Waals surface area (Å²) in [6.45, 7) is 4.63. The van der Waals surface area contributed by atoms with Crippen LogP contribution in [-0.2, 0) is 9.59 Å².